The molecule has 0 aromatic heterocycles. The van der Waals surface area contributed by atoms with Gasteiger partial charge in [-0.2, -0.15) is 0 Å². The normalized spacial score (nSPS) is 16.6. The van der Waals surface area contributed by atoms with Crippen molar-refractivity contribution in [3.63, 3.8) is 0 Å². The molecule has 1 aliphatic heterocycles. The van der Waals surface area contributed by atoms with Gasteiger partial charge in [0.25, 0.3) is 0 Å². The van der Waals surface area contributed by atoms with Gasteiger partial charge in [-0.15, -0.1) is 0 Å². The molecule has 25 heavy (non-hydrogen) atoms. The van der Waals surface area contributed by atoms with Crippen LogP contribution in [0.15, 0.2) is 4.99 Å². The molecule has 0 aliphatic carbocycles. The highest BCUT2D eigenvalue weighted by Crippen LogP contribution is 2.11. The van der Waals surface area contributed by atoms with Crippen molar-refractivity contribution in [2.45, 2.75) is 39.7 Å². The van der Waals surface area contributed by atoms with Crippen LogP contribution in [-0.2, 0) is 14.8 Å². The molecule has 146 valence electrons. The van der Waals surface area contributed by atoms with Crippen molar-refractivity contribution in [3.05, 3.63) is 0 Å². The third-order valence-corrected chi connectivity index (χ3v) is 5.19. The van der Waals surface area contributed by atoms with E-state index in [9.17, 15) is 13.2 Å². The van der Waals surface area contributed by atoms with E-state index in [1.807, 2.05) is 6.92 Å². The van der Waals surface area contributed by atoms with Crippen molar-refractivity contribution in [1.82, 2.24) is 20.3 Å². The molecule has 1 aliphatic rings. The molecule has 0 aromatic carbocycles. The summed E-state index contributed by atoms with van der Waals surface area (Å²) in [6.07, 6.45) is 1.36. The van der Waals surface area contributed by atoms with Gasteiger partial charge in [0.15, 0.2) is 5.96 Å². The van der Waals surface area contributed by atoms with E-state index < -0.39 is 10.0 Å². The average molecular weight is 378 g/mol. The van der Waals surface area contributed by atoms with E-state index in [-0.39, 0.29) is 24.4 Å². The number of hydrogen-bond donors (Lipinski definition) is 3. The first-order valence-corrected chi connectivity index (χ1v) is 10.5. The zero-order valence-electron chi connectivity index (χ0n) is 15.4. The topological polar surface area (TPSA) is 112 Å². The highest BCUT2D eigenvalue weighted by Gasteiger charge is 2.23. The number of piperidine rings is 1. The lowest BCUT2D eigenvalue weighted by molar-refractivity contribution is 0.0963. The second-order valence-electron chi connectivity index (χ2n) is 5.66. The number of ether oxygens (including phenoxy) is 1. The van der Waals surface area contributed by atoms with Gasteiger partial charge < -0.3 is 20.3 Å². The van der Waals surface area contributed by atoms with Crippen molar-refractivity contribution in [2.75, 3.05) is 45.1 Å². The number of amides is 1. The van der Waals surface area contributed by atoms with Crippen LogP contribution in [-0.4, -0.2) is 76.5 Å². The second kappa shape index (κ2) is 11.1. The molecule has 1 saturated heterocycles. The van der Waals surface area contributed by atoms with Gasteiger partial charge in [0.1, 0.15) is 0 Å². The quantitative estimate of drug-likeness (QED) is 0.314. The molecule has 0 atom stereocenters. The Morgan fingerprint density at radius 2 is 1.92 bits per heavy atom. The minimum absolute atomic E-state index is 0.0636. The monoisotopic (exact) mass is 377 g/mol. The molecule has 0 saturated carbocycles. The van der Waals surface area contributed by atoms with Crippen LogP contribution >= 0.6 is 0 Å². The molecular weight excluding hydrogens is 346 g/mol. The summed E-state index contributed by atoms with van der Waals surface area (Å²) in [5, 5.41) is 6.50. The molecule has 0 aromatic rings. The lowest BCUT2D eigenvalue weighted by Gasteiger charge is -2.32. The van der Waals surface area contributed by atoms with Crippen LogP contribution in [0.1, 0.15) is 33.6 Å². The Bertz CT molecular complexity index is 530. The van der Waals surface area contributed by atoms with Gasteiger partial charge in [0.05, 0.1) is 18.9 Å². The number of rotatable bonds is 8. The Hall–Kier alpha value is -1.55. The molecular formula is C15H31N5O4S. The van der Waals surface area contributed by atoms with Crippen molar-refractivity contribution in [3.8, 4) is 0 Å². The number of hydrogen-bond acceptors (Lipinski definition) is 5. The maximum atomic E-state index is 11.7. The van der Waals surface area contributed by atoms with Crippen LogP contribution in [0, 0.1) is 0 Å². The Balaban J connectivity index is 2.42. The maximum absolute atomic E-state index is 11.7. The SMILES string of the molecule is CCNC(=NCCNS(=O)(=O)CC)NC1CCN(C(=O)OCC)CC1. The van der Waals surface area contributed by atoms with E-state index in [0.29, 0.717) is 38.7 Å². The van der Waals surface area contributed by atoms with Crippen LogP contribution < -0.4 is 15.4 Å². The van der Waals surface area contributed by atoms with E-state index in [4.69, 9.17) is 4.74 Å². The minimum atomic E-state index is -3.19. The number of guanidine groups is 1. The van der Waals surface area contributed by atoms with Crippen LogP contribution in [0.4, 0.5) is 4.79 Å². The van der Waals surface area contributed by atoms with Gasteiger partial charge in [-0.1, -0.05) is 0 Å². The Morgan fingerprint density at radius 1 is 1.24 bits per heavy atom. The minimum Gasteiger partial charge on any atom is -0.450 e. The van der Waals surface area contributed by atoms with Crippen molar-refractivity contribution < 1.29 is 17.9 Å². The Kier molecular flexibility index (Phi) is 9.58. The third-order valence-electron chi connectivity index (χ3n) is 3.79. The van der Waals surface area contributed by atoms with Gasteiger partial charge in [-0.3, -0.25) is 4.99 Å². The lowest BCUT2D eigenvalue weighted by Crippen LogP contribution is -2.50. The van der Waals surface area contributed by atoms with Gasteiger partial charge in [0.2, 0.25) is 10.0 Å². The molecule has 1 fully saturated rings. The first-order valence-electron chi connectivity index (χ1n) is 8.85. The summed E-state index contributed by atoms with van der Waals surface area (Å²) < 4.78 is 30.3. The fourth-order valence-corrected chi connectivity index (χ4v) is 3.01. The van der Waals surface area contributed by atoms with Gasteiger partial charge in [0, 0.05) is 32.2 Å². The van der Waals surface area contributed by atoms with Crippen molar-refractivity contribution in [2.24, 2.45) is 4.99 Å². The lowest BCUT2D eigenvalue weighted by atomic mass is 10.1. The molecule has 0 unspecified atom stereocenters. The highest BCUT2D eigenvalue weighted by molar-refractivity contribution is 7.89. The van der Waals surface area contributed by atoms with Crippen LogP contribution in [0.2, 0.25) is 0 Å². The van der Waals surface area contributed by atoms with Crippen LogP contribution in [0.3, 0.4) is 0 Å². The van der Waals surface area contributed by atoms with E-state index in [1.165, 1.54) is 0 Å². The summed E-state index contributed by atoms with van der Waals surface area (Å²) in [5.74, 6) is 0.724. The number of sulfonamides is 1. The molecule has 1 heterocycles. The summed E-state index contributed by atoms with van der Waals surface area (Å²) in [7, 11) is -3.19. The third kappa shape index (κ3) is 8.39. The van der Waals surface area contributed by atoms with Crippen LogP contribution in [0.5, 0.6) is 0 Å². The predicted molar refractivity (Wildman–Crippen MR) is 98.2 cm³/mol. The molecule has 0 bridgehead atoms. The van der Waals surface area contributed by atoms with Gasteiger partial charge in [-0.05, 0) is 33.6 Å². The summed E-state index contributed by atoms with van der Waals surface area (Å²) in [6.45, 7) is 8.39. The van der Waals surface area contributed by atoms with Crippen molar-refractivity contribution >= 4 is 22.1 Å². The molecule has 9 nitrogen and oxygen atoms in total. The summed E-state index contributed by atoms with van der Waals surface area (Å²) >= 11 is 0. The van der Waals surface area contributed by atoms with E-state index in [0.717, 1.165) is 12.8 Å². The first-order chi connectivity index (χ1) is 11.9. The maximum Gasteiger partial charge on any atom is 0.409 e. The van der Waals surface area contributed by atoms with Crippen LogP contribution in [0.25, 0.3) is 0 Å². The molecule has 3 N–H and O–H groups in total. The van der Waals surface area contributed by atoms with E-state index in [2.05, 4.69) is 20.3 Å². The molecule has 1 rings (SSSR count). The molecule has 0 spiro atoms. The molecule has 0 radical (unpaired) electrons. The number of nitrogens with zero attached hydrogens (tertiary/aromatic N) is 2. The average Bonchev–Trinajstić information content (AvgIpc) is 2.59. The molecule has 1 amide bonds. The number of carbonyl (C=O) groups is 1. The smallest absolute Gasteiger partial charge is 0.409 e. The predicted octanol–water partition coefficient (Wildman–Crippen LogP) is 0.102. The largest absolute Gasteiger partial charge is 0.450 e. The fraction of sp³-hybridized carbons (Fsp3) is 0.867. The standard InChI is InChI=1S/C15H31N5O4S/c1-4-16-14(17-9-10-18-25(22,23)6-3)19-13-7-11-20(12-8-13)15(21)24-5-2/h13,18H,4-12H2,1-3H3,(H2,16,17,19). The zero-order valence-corrected chi connectivity index (χ0v) is 16.2. The van der Waals surface area contributed by atoms with E-state index >= 15 is 0 Å². The van der Waals surface area contributed by atoms with Gasteiger partial charge in [-0.25, -0.2) is 17.9 Å². The highest BCUT2D eigenvalue weighted by atomic mass is 32.2. The molecule has 10 heteroatoms. The number of likely N-dealkylation sites (tertiary alicyclic amines) is 1. The van der Waals surface area contributed by atoms with E-state index in [1.54, 1.807) is 18.7 Å². The van der Waals surface area contributed by atoms with Crippen molar-refractivity contribution in [1.29, 1.82) is 0 Å². The first kappa shape index (κ1) is 21.5. The Morgan fingerprint density at radius 3 is 2.48 bits per heavy atom. The summed E-state index contributed by atoms with van der Waals surface area (Å²) in [4.78, 5) is 17.8. The summed E-state index contributed by atoms with van der Waals surface area (Å²) in [5.41, 5.74) is 0. The fourth-order valence-electron chi connectivity index (χ4n) is 2.41. The van der Waals surface area contributed by atoms with Gasteiger partial charge >= 0.3 is 6.09 Å². The Labute approximate surface area is 150 Å². The zero-order chi connectivity index (χ0) is 18.7. The summed E-state index contributed by atoms with van der Waals surface area (Å²) in [6, 6.07) is 0.218. The number of aliphatic imine (C=N–C) groups is 1. The second-order valence-corrected chi connectivity index (χ2v) is 7.76. The number of carbonyl (C=O) groups excluding carboxylic acids is 1. The number of nitrogens with one attached hydrogen (secondary N) is 3.